The molecule has 2 aliphatic heterocycles. The molecule has 4 saturated carbocycles. The summed E-state index contributed by atoms with van der Waals surface area (Å²) < 4.78 is 0.229. The minimum absolute atomic E-state index is 0.104. The Morgan fingerprint density at radius 1 is 0.857 bits per heavy atom. The molecule has 4 nitrogen and oxygen atoms in total. The molecule has 28 heavy (non-hydrogen) atoms. The minimum Gasteiger partial charge on any atom is -0.342 e. The van der Waals surface area contributed by atoms with E-state index in [0.29, 0.717) is 11.8 Å². The second-order valence-corrected chi connectivity index (χ2v) is 12.6. The normalized spacial score (nSPS) is 41.5. The topological polar surface area (TPSA) is 40.6 Å². The van der Waals surface area contributed by atoms with Gasteiger partial charge in [-0.1, -0.05) is 22.9 Å². The Kier molecular flexibility index (Phi) is 4.84. The third kappa shape index (κ3) is 3.33. The van der Waals surface area contributed by atoms with E-state index < -0.39 is 0 Å². The van der Waals surface area contributed by atoms with E-state index in [9.17, 15) is 9.59 Å². The second kappa shape index (κ2) is 6.99. The van der Waals surface area contributed by atoms with Crippen LogP contribution in [0.5, 0.6) is 0 Å². The van der Waals surface area contributed by atoms with Crippen LogP contribution >= 0.6 is 15.9 Å². The summed E-state index contributed by atoms with van der Waals surface area (Å²) in [4.78, 5) is 30.8. The number of rotatable bonds is 2. The highest BCUT2D eigenvalue weighted by molar-refractivity contribution is 9.10. The molecule has 6 rings (SSSR count). The van der Waals surface area contributed by atoms with Gasteiger partial charge in [-0.2, -0.15) is 0 Å². The third-order valence-corrected chi connectivity index (χ3v) is 9.60. The van der Waals surface area contributed by atoms with Crippen molar-refractivity contribution in [1.82, 2.24) is 9.80 Å². The Labute approximate surface area is 177 Å². The molecule has 4 bridgehead atoms. The van der Waals surface area contributed by atoms with E-state index in [2.05, 4.69) is 32.7 Å². The van der Waals surface area contributed by atoms with Crippen molar-refractivity contribution in [2.75, 3.05) is 26.2 Å². The predicted octanol–water partition coefficient (Wildman–Crippen LogP) is 4.22. The minimum atomic E-state index is -0.104. The first-order valence-corrected chi connectivity index (χ1v) is 12.4. The number of hydrogen-bond acceptors (Lipinski definition) is 2. The van der Waals surface area contributed by atoms with E-state index in [4.69, 9.17) is 0 Å². The summed E-state index contributed by atoms with van der Waals surface area (Å²) in [6.45, 7) is 5.71. The second-order valence-electron chi connectivity index (χ2n) is 11.0. The maximum Gasteiger partial charge on any atom is 0.228 e. The van der Waals surface area contributed by atoms with Gasteiger partial charge in [0.2, 0.25) is 11.8 Å². The largest absolute Gasteiger partial charge is 0.342 e. The standard InChI is InChI=1S/C23H35BrN2O2/c1-16-2-6-25(7-3-16)20(27)19-4-8-26(9-5-19)21(28)22-11-17-10-18(12-22)14-23(24,13-17)15-22/h16-19H,2-15H2,1H3. The molecule has 0 spiro atoms. The van der Waals surface area contributed by atoms with Crippen molar-refractivity contribution in [3.63, 3.8) is 0 Å². The number of carbonyl (C=O) groups excluding carboxylic acids is 2. The van der Waals surface area contributed by atoms with Crippen LogP contribution in [0.15, 0.2) is 0 Å². The number of piperidine rings is 2. The molecular formula is C23H35BrN2O2. The zero-order chi connectivity index (χ0) is 19.5. The van der Waals surface area contributed by atoms with Crippen LogP contribution in [0.25, 0.3) is 0 Å². The van der Waals surface area contributed by atoms with Crippen LogP contribution in [0.1, 0.15) is 71.1 Å². The summed E-state index contributed by atoms with van der Waals surface area (Å²) >= 11 is 4.04. The lowest BCUT2D eigenvalue weighted by Gasteiger charge is -2.60. The molecule has 0 aromatic carbocycles. The highest BCUT2D eigenvalue weighted by atomic mass is 79.9. The summed E-state index contributed by atoms with van der Waals surface area (Å²) in [7, 11) is 0. The fourth-order valence-corrected chi connectivity index (χ4v) is 9.01. The van der Waals surface area contributed by atoms with Gasteiger partial charge in [0.15, 0.2) is 0 Å². The first kappa shape index (κ1) is 19.4. The fourth-order valence-electron chi connectivity index (χ4n) is 7.55. The third-order valence-electron chi connectivity index (χ3n) is 8.67. The maximum atomic E-state index is 13.6. The Morgan fingerprint density at radius 2 is 1.43 bits per heavy atom. The van der Waals surface area contributed by atoms with Gasteiger partial charge in [0, 0.05) is 36.4 Å². The molecular weight excluding hydrogens is 416 g/mol. The zero-order valence-electron chi connectivity index (χ0n) is 17.3. The van der Waals surface area contributed by atoms with Gasteiger partial charge >= 0.3 is 0 Å². The fraction of sp³-hybridized carbons (Fsp3) is 0.913. The van der Waals surface area contributed by atoms with Crippen LogP contribution < -0.4 is 0 Å². The van der Waals surface area contributed by atoms with Gasteiger partial charge in [-0.15, -0.1) is 0 Å². The van der Waals surface area contributed by atoms with Gasteiger partial charge in [-0.05, 0) is 82.0 Å². The van der Waals surface area contributed by atoms with Crippen molar-refractivity contribution >= 4 is 27.7 Å². The highest BCUT2D eigenvalue weighted by Crippen LogP contribution is 2.64. The quantitative estimate of drug-likeness (QED) is 0.590. The van der Waals surface area contributed by atoms with Crippen LogP contribution in [0, 0.1) is 29.1 Å². The molecule has 0 N–H and O–H groups in total. The zero-order valence-corrected chi connectivity index (χ0v) is 18.9. The molecule has 2 unspecified atom stereocenters. The van der Waals surface area contributed by atoms with Crippen LogP contribution in [0.4, 0.5) is 0 Å². The number of amides is 2. The van der Waals surface area contributed by atoms with Crippen molar-refractivity contribution in [3.8, 4) is 0 Å². The molecule has 2 saturated heterocycles. The monoisotopic (exact) mass is 450 g/mol. The van der Waals surface area contributed by atoms with Crippen molar-refractivity contribution in [3.05, 3.63) is 0 Å². The van der Waals surface area contributed by atoms with E-state index in [1.807, 2.05) is 0 Å². The van der Waals surface area contributed by atoms with Gasteiger partial charge in [-0.3, -0.25) is 9.59 Å². The number of carbonyl (C=O) groups is 2. The average Bonchev–Trinajstić information content (AvgIpc) is 2.66. The molecule has 6 fully saturated rings. The number of likely N-dealkylation sites (tertiary alicyclic amines) is 2. The Balaban J connectivity index is 1.20. The van der Waals surface area contributed by atoms with Crippen molar-refractivity contribution in [2.24, 2.45) is 29.1 Å². The molecule has 2 atom stereocenters. The Hall–Kier alpha value is -0.580. The lowest BCUT2D eigenvalue weighted by Crippen LogP contribution is -2.59. The van der Waals surface area contributed by atoms with E-state index in [0.717, 1.165) is 88.9 Å². The van der Waals surface area contributed by atoms with Gasteiger partial charge in [0.1, 0.15) is 0 Å². The predicted molar refractivity (Wildman–Crippen MR) is 113 cm³/mol. The van der Waals surface area contributed by atoms with Gasteiger partial charge in [0.25, 0.3) is 0 Å². The smallest absolute Gasteiger partial charge is 0.228 e. The molecule has 2 amide bonds. The Bertz CT molecular complexity index is 635. The van der Waals surface area contributed by atoms with Crippen molar-refractivity contribution in [1.29, 1.82) is 0 Å². The summed E-state index contributed by atoms with van der Waals surface area (Å²) in [5, 5.41) is 0. The molecule has 5 heteroatoms. The summed E-state index contributed by atoms with van der Waals surface area (Å²) in [6, 6.07) is 0. The van der Waals surface area contributed by atoms with E-state index in [-0.39, 0.29) is 15.7 Å². The van der Waals surface area contributed by atoms with E-state index >= 15 is 0 Å². The first-order valence-electron chi connectivity index (χ1n) is 11.6. The SMILES string of the molecule is CC1CCN(C(=O)C2CCN(C(=O)C34CC5CC(CC(Br)(C5)C3)C4)CC2)CC1. The lowest BCUT2D eigenvalue weighted by molar-refractivity contribution is -0.158. The average molecular weight is 451 g/mol. The first-order chi connectivity index (χ1) is 13.4. The van der Waals surface area contributed by atoms with Gasteiger partial charge in [-0.25, -0.2) is 0 Å². The van der Waals surface area contributed by atoms with E-state index in [1.165, 1.54) is 19.3 Å². The van der Waals surface area contributed by atoms with E-state index in [1.54, 1.807) is 0 Å². The van der Waals surface area contributed by atoms with Gasteiger partial charge in [0.05, 0.1) is 5.41 Å². The van der Waals surface area contributed by atoms with Crippen LogP contribution in [0.3, 0.4) is 0 Å². The molecule has 156 valence electrons. The van der Waals surface area contributed by atoms with Crippen molar-refractivity contribution in [2.45, 2.75) is 75.5 Å². The van der Waals surface area contributed by atoms with Crippen LogP contribution in [0.2, 0.25) is 0 Å². The lowest BCUT2D eigenvalue weighted by atomic mass is 9.49. The number of alkyl halides is 1. The number of nitrogens with zero attached hydrogens (tertiary/aromatic N) is 2. The molecule has 0 aromatic rings. The molecule has 0 aromatic heterocycles. The maximum absolute atomic E-state index is 13.6. The molecule has 0 radical (unpaired) electrons. The van der Waals surface area contributed by atoms with Crippen LogP contribution in [-0.2, 0) is 9.59 Å². The molecule has 4 aliphatic carbocycles. The molecule has 2 heterocycles. The summed E-state index contributed by atoms with van der Waals surface area (Å²) in [6.07, 6.45) is 11.1. The molecule has 6 aliphatic rings. The summed E-state index contributed by atoms with van der Waals surface area (Å²) in [5.41, 5.74) is -0.104. The van der Waals surface area contributed by atoms with Gasteiger partial charge < -0.3 is 9.80 Å². The number of halogens is 1. The Morgan fingerprint density at radius 3 is 2.00 bits per heavy atom. The number of hydrogen-bond donors (Lipinski definition) is 0. The van der Waals surface area contributed by atoms with Crippen LogP contribution in [-0.4, -0.2) is 52.1 Å². The summed E-state index contributed by atoms with van der Waals surface area (Å²) in [5.74, 6) is 3.14. The highest BCUT2D eigenvalue weighted by Gasteiger charge is 2.60. The van der Waals surface area contributed by atoms with Crippen molar-refractivity contribution < 1.29 is 9.59 Å².